The van der Waals surface area contributed by atoms with Crippen molar-refractivity contribution in [3.05, 3.63) is 70.8 Å². The van der Waals surface area contributed by atoms with E-state index in [-0.39, 0.29) is 23.6 Å². The van der Waals surface area contributed by atoms with Crippen molar-refractivity contribution in [1.29, 1.82) is 0 Å². The maximum Gasteiger partial charge on any atom is 0.252 e. The van der Waals surface area contributed by atoms with Crippen LogP contribution in [0.5, 0.6) is 0 Å². The number of amides is 1. The van der Waals surface area contributed by atoms with Gasteiger partial charge in [-0.1, -0.05) is 12.1 Å². The normalized spacial score (nSPS) is 12.0. The van der Waals surface area contributed by atoms with Crippen molar-refractivity contribution in [2.75, 3.05) is 0 Å². The number of halogens is 2. The zero-order valence-electron chi connectivity index (χ0n) is 11.3. The molecule has 0 radical (unpaired) electrons. The Morgan fingerprint density at radius 3 is 2.45 bits per heavy atom. The Bertz CT molecular complexity index is 640. The minimum Gasteiger partial charge on any atom is -0.346 e. The standard InChI is InChI=1S/C16H15F2NO/c1-10-8-14(18)6-7-15(10)16(20)19-11(2)12-4-3-5-13(17)9-12/h3-9,11H,1-2H3,(H,19,20). The van der Waals surface area contributed by atoms with Crippen molar-refractivity contribution in [2.24, 2.45) is 0 Å². The van der Waals surface area contributed by atoms with Gasteiger partial charge in [0.15, 0.2) is 0 Å². The lowest BCUT2D eigenvalue weighted by Gasteiger charge is -2.15. The van der Waals surface area contributed by atoms with Crippen molar-refractivity contribution in [3.8, 4) is 0 Å². The highest BCUT2D eigenvalue weighted by Gasteiger charge is 2.14. The van der Waals surface area contributed by atoms with Crippen LogP contribution in [0.25, 0.3) is 0 Å². The van der Waals surface area contributed by atoms with E-state index in [1.54, 1.807) is 26.0 Å². The predicted octanol–water partition coefficient (Wildman–Crippen LogP) is 3.76. The second-order valence-electron chi connectivity index (χ2n) is 4.71. The monoisotopic (exact) mass is 275 g/mol. The number of aryl methyl sites for hydroxylation is 1. The molecule has 0 saturated carbocycles. The Kier molecular flexibility index (Phi) is 4.13. The minimum absolute atomic E-state index is 0.306. The van der Waals surface area contributed by atoms with Crippen LogP contribution in [0.2, 0.25) is 0 Å². The lowest BCUT2D eigenvalue weighted by molar-refractivity contribution is 0.0939. The van der Waals surface area contributed by atoms with Crippen molar-refractivity contribution >= 4 is 5.91 Å². The highest BCUT2D eigenvalue weighted by atomic mass is 19.1. The van der Waals surface area contributed by atoms with Crippen LogP contribution in [0.4, 0.5) is 8.78 Å². The molecule has 1 unspecified atom stereocenters. The third-order valence-electron chi connectivity index (χ3n) is 3.13. The fourth-order valence-corrected chi connectivity index (χ4v) is 2.02. The summed E-state index contributed by atoms with van der Waals surface area (Å²) in [6.45, 7) is 3.44. The quantitative estimate of drug-likeness (QED) is 0.907. The molecule has 0 fully saturated rings. The molecule has 0 spiro atoms. The van der Waals surface area contributed by atoms with Crippen LogP contribution >= 0.6 is 0 Å². The average Bonchev–Trinajstić information content (AvgIpc) is 2.38. The van der Waals surface area contributed by atoms with Gasteiger partial charge < -0.3 is 5.32 Å². The van der Waals surface area contributed by atoms with Gasteiger partial charge in [0, 0.05) is 5.56 Å². The van der Waals surface area contributed by atoms with Crippen molar-refractivity contribution in [3.63, 3.8) is 0 Å². The molecule has 2 rings (SSSR count). The highest BCUT2D eigenvalue weighted by Crippen LogP contribution is 2.16. The molecule has 20 heavy (non-hydrogen) atoms. The number of carbonyl (C=O) groups is 1. The van der Waals surface area contributed by atoms with E-state index >= 15 is 0 Å². The molecule has 0 saturated heterocycles. The third-order valence-corrected chi connectivity index (χ3v) is 3.13. The Morgan fingerprint density at radius 1 is 1.10 bits per heavy atom. The lowest BCUT2D eigenvalue weighted by atomic mass is 10.1. The molecule has 2 aromatic carbocycles. The summed E-state index contributed by atoms with van der Waals surface area (Å²) in [7, 11) is 0. The number of nitrogens with one attached hydrogen (secondary N) is 1. The van der Waals surface area contributed by atoms with E-state index < -0.39 is 0 Å². The Hall–Kier alpha value is -2.23. The van der Waals surface area contributed by atoms with Gasteiger partial charge in [-0.25, -0.2) is 8.78 Å². The van der Waals surface area contributed by atoms with Crippen LogP contribution in [0.3, 0.4) is 0 Å². The minimum atomic E-state index is -0.378. The van der Waals surface area contributed by atoms with Crippen molar-refractivity contribution in [1.82, 2.24) is 5.32 Å². The summed E-state index contributed by atoms with van der Waals surface area (Å²) >= 11 is 0. The predicted molar refractivity (Wildman–Crippen MR) is 73.4 cm³/mol. The molecule has 1 amide bonds. The average molecular weight is 275 g/mol. The molecule has 0 aliphatic heterocycles. The zero-order chi connectivity index (χ0) is 14.7. The smallest absolute Gasteiger partial charge is 0.252 e. The zero-order valence-corrected chi connectivity index (χ0v) is 11.3. The molecule has 4 heteroatoms. The largest absolute Gasteiger partial charge is 0.346 e. The number of hydrogen-bond donors (Lipinski definition) is 1. The number of hydrogen-bond acceptors (Lipinski definition) is 1. The molecular weight excluding hydrogens is 260 g/mol. The Morgan fingerprint density at radius 2 is 1.80 bits per heavy atom. The van der Waals surface area contributed by atoms with E-state index in [4.69, 9.17) is 0 Å². The van der Waals surface area contributed by atoms with Crippen LogP contribution in [0, 0.1) is 18.6 Å². The molecule has 0 aromatic heterocycles. The summed E-state index contributed by atoms with van der Waals surface area (Å²) in [5.41, 5.74) is 1.65. The van der Waals surface area contributed by atoms with Crippen LogP contribution in [-0.2, 0) is 0 Å². The first-order valence-corrected chi connectivity index (χ1v) is 6.30. The van der Waals surface area contributed by atoms with Gasteiger partial charge in [-0.2, -0.15) is 0 Å². The van der Waals surface area contributed by atoms with E-state index in [2.05, 4.69) is 5.32 Å². The number of rotatable bonds is 3. The first kappa shape index (κ1) is 14.2. The second kappa shape index (κ2) is 5.82. The summed E-state index contributed by atoms with van der Waals surface area (Å²) in [6.07, 6.45) is 0. The van der Waals surface area contributed by atoms with Gasteiger partial charge in [0.1, 0.15) is 11.6 Å². The molecule has 0 aliphatic rings. The van der Waals surface area contributed by atoms with Crippen molar-refractivity contribution in [2.45, 2.75) is 19.9 Å². The van der Waals surface area contributed by atoms with E-state index in [0.717, 1.165) is 0 Å². The van der Waals surface area contributed by atoms with E-state index in [0.29, 0.717) is 16.7 Å². The first-order chi connectivity index (χ1) is 9.47. The van der Waals surface area contributed by atoms with Crippen molar-refractivity contribution < 1.29 is 13.6 Å². The lowest BCUT2D eigenvalue weighted by Crippen LogP contribution is -2.27. The molecule has 104 valence electrons. The van der Waals surface area contributed by atoms with E-state index in [1.807, 2.05) is 0 Å². The van der Waals surface area contributed by atoms with Gasteiger partial charge in [-0.05, 0) is 55.3 Å². The molecule has 1 atom stereocenters. The van der Waals surface area contributed by atoms with Gasteiger partial charge in [0.2, 0.25) is 0 Å². The van der Waals surface area contributed by atoms with Gasteiger partial charge in [0.05, 0.1) is 6.04 Å². The van der Waals surface area contributed by atoms with Gasteiger partial charge in [-0.3, -0.25) is 4.79 Å². The third kappa shape index (κ3) is 3.20. The van der Waals surface area contributed by atoms with Crippen LogP contribution in [0.15, 0.2) is 42.5 Å². The summed E-state index contributed by atoms with van der Waals surface area (Å²) in [5, 5.41) is 2.77. The van der Waals surface area contributed by atoms with Crippen LogP contribution in [-0.4, -0.2) is 5.91 Å². The fraction of sp³-hybridized carbons (Fsp3) is 0.188. The van der Waals surface area contributed by atoms with Gasteiger partial charge in [-0.15, -0.1) is 0 Å². The Balaban J connectivity index is 2.15. The van der Waals surface area contributed by atoms with Gasteiger partial charge >= 0.3 is 0 Å². The molecule has 2 nitrogen and oxygen atoms in total. The topological polar surface area (TPSA) is 29.1 Å². The molecule has 0 aliphatic carbocycles. The SMILES string of the molecule is Cc1cc(F)ccc1C(=O)NC(C)c1cccc(F)c1. The summed E-state index contributed by atoms with van der Waals surface area (Å²) in [5.74, 6) is -1.03. The van der Waals surface area contributed by atoms with Crippen LogP contribution in [0.1, 0.15) is 34.5 Å². The molecule has 2 aromatic rings. The van der Waals surface area contributed by atoms with Crippen LogP contribution < -0.4 is 5.32 Å². The molecular formula is C16H15F2NO. The summed E-state index contributed by atoms with van der Waals surface area (Å²) < 4.78 is 26.2. The fourth-order valence-electron chi connectivity index (χ4n) is 2.02. The maximum absolute atomic E-state index is 13.1. The summed E-state index contributed by atoms with van der Waals surface area (Å²) in [4.78, 5) is 12.1. The Labute approximate surface area is 116 Å². The van der Waals surface area contributed by atoms with E-state index in [1.165, 1.54) is 30.3 Å². The number of carbonyl (C=O) groups excluding carboxylic acids is 1. The number of benzene rings is 2. The molecule has 0 bridgehead atoms. The van der Waals surface area contributed by atoms with E-state index in [9.17, 15) is 13.6 Å². The first-order valence-electron chi connectivity index (χ1n) is 6.30. The molecule has 1 N–H and O–H groups in total. The highest BCUT2D eigenvalue weighted by molar-refractivity contribution is 5.95. The molecule has 0 heterocycles. The summed E-state index contributed by atoms with van der Waals surface area (Å²) in [6, 6.07) is 9.73. The second-order valence-corrected chi connectivity index (χ2v) is 4.71. The van der Waals surface area contributed by atoms with Gasteiger partial charge in [0.25, 0.3) is 5.91 Å². The maximum atomic E-state index is 13.1.